The van der Waals surface area contributed by atoms with E-state index in [1.54, 1.807) is 0 Å². The van der Waals surface area contributed by atoms with Crippen LogP contribution >= 0.6 is 0 Å². The molecule has 2 aliphatic rings. The SMILES string of the molecule is CCC1COC(C)CN1CC1CC(C(C)C)CCC1N. The third kappa shape index (κ3) is 3.96. The fourth-order valence-electron chi connectivity index (χ4n) is 3.95. The predicted octanol–water partition coefficient (Wildman–Crippen LogP) is 2.89. The number of morpholine rings is 1. The zero-order valence-corrected chi connectivity index (χ0v) is 13.8. The van der Waals surface area contributed by atoms with Crippen LogP contribution in [0.1, 0.15) is 53.4 Å². The molecule has 118 valence electrons. The standard InChI is InChI=1S/C17H34N2O/c1-5-16-11-20-13(4)9-19(16)10-15-8-14(12(2)3)6-7-17(15)18/h12-17H,5-11,18H2,1-4H3. The van der Waals surface area contributed by atoms with E-state index in [1.165, 1.54) is 32.2 Å². The molecule has 3 nitrogen and oxygen atoms in total. The Bertz CT molecular complexity index is 295. The largest absolute Gasteiger partial charge is 0.376 e. The first-order valence-electron chi connectivity index (χ1n) is 8.62. The molecule has 0 amide bonds. The van der Waals surface area contributed by atoms with Crippen molar-refractivity contribution < 1.29 is 4.74 Å². The van der Waals surface area contributed by atoms with Crippen molar-refractivity contribution in [1.82, 2.24) is 4.90 Å². The predicted molar refractivity (Wildman–Crippen MR) is 84.7 cm³/mol. The van der Waals surface area contributed by atoms with Crippen LogP contribution in [-0.4, -0.2) is 42.8 Å². The highest BCUT2D eigenvalue weighted by atomic mass is 16.5. The second-order valence-corrected chi connectivity index (χ2v) is 7.40. The molecule has 2 fully saturated rings. The highest BCUT2D eigenvalue weighted by Gasteiger charge is 2.34. The second-order valence-electron chi connectivity index (χ2n) is 7.40. The van der Waals surface area contributed by atoms with Gasteiger partial charge in [0.15, 0.2) is 0 Å². The molecular weight excluding hydrogens is 248 g/mol. The minimum atomic E-state index is 0.374. The maximum atomic E-state index is 6.42. The number of nitrogens with zero attached hydrogens (tertiary/aromatic N) is 1. The van der Waals surface area contributed by atoms with Crippen molar-refractivity contribution in [2.24, 2.45) is 23.5 Å². The Morgan fingerprint density at radius 3 is 2.70 bits per heavy atom. The molecule has 0 bridgehead atoms. The average Bonchev–Trinajstić information content (AvgIpc) is 2.41. The van der Waals surface area contributed by atoms with Crippen molar-refractivity contribution in [3.05, 3.63) is 0 Å². The number of nitrogens with two attached hydrogens (primary N) is 1. The molecular formula is C17H34N2O. The van der Waals surface area contributed by atoms with E-state index in [-0.39, 0.29) is 0 Å². The number of rotatable bonds is 4. The summed E-state index contributed by atoms with van der Waals surface area (Å²) in [5, 5.41) is 0. The summed E-state index contributed by atoms with van der Waals surface area (Å²) in [4.78, 5) is 2.65. The van der Waals surface area contributed by atoms with E-state index in [4.69, 9.17) is 10.5 Å². The van der Waals surface area contributed by atoms with Gasteiger partial charge in [0, 0.05) is 25.2 Å². The summed E-state index contributed by atoms with van der Waals surface area (Å²) in [6, 6.07) is 0.999. The molecule has 0 aromatic heterocycles. The van der Waals surface area contributed by atoms with Gasteiger partial charge in [-0.3, -0.25) is 4.90 Å². The monoisotopic (exact) mass is 282 g/mol. The summed E-state index contributed by atoms with van der Waals surface area (Å²) in [7, 11) is 0. The first-order valence-corrected chi connectivity index (χ1v) is 8.62. The molecule has 0 aromatic carbocycles. The van der Waals surface area contributed by atoms with Gasteiger partial charge < -0.3 is 10.5 Å². The van der Waals surface area contributed by atoms with E-state index < -0.39 is 0 Å². The first kappa shape index (κ1) is 16.3. The minimum Gasteiger partial charge on any atom is -0.376 e. The Morgan fingerprint density at radius 1 is 1.30 bits per heavy atom. The zero-order valence-electron chi connectivity index (χ0n) is 13.8. The lowest BCUT2D eigenvalue weighted by Crippen LogP contribution is -2.53. The van der Waals surface area contributed by atoms with Crippen molar-refractivity contribution >= 4 is 0 Å². The maximum Gasteiger partial charge on any atom is 0.0674 e. The molecule has 5 unspecified atom stereocenters. The van der Waals surface area contributed by atoms with Gasteiger partial charge in [-0.25, -0.2) is 0 Å². The van der Waals surface area contributed by atoms with Crippen LogP contribution in [0.25, 0.3) is 0 Å². The Kier molecular flexibility index (Phi) is 5.88. The van der Waals surface area contributed by atoms with E-state index >= 15 is 0 Å². The van der Waals surface area contributed by atoms with Gasteiger partial charge in [-0.1, -0.05) is 20.8 Å². The number of hydrogen-bond acceptors (Lipinski definition) is 3. The topological polar surface area (TPSA) is 38.5 Å². The van der Waals surface area contributed by atoms with Gasteiger partial charge in [0.25, 0.3) is 0 Å². The Balaban J connectivity index is 1.95. The van der Waals surface area contributed by atoms with Gasteiger partial charge in [-0.2, -0.15) is 0 Å². The van der Waals surface area contributed by atoms with Crippen molar-refractivity contribution in [3.8, 4) is 0 Å². The van der Waals surface area contributed by atoms with Crippen molar-refractivity contribution in [3.63, 3.8) is 0 Å². The van der Waals surface area contributed by atoms with Gasteiger partial charge in [0.2, 0.25) is 0 Å². The van der Waals surface area contributed by atoms with Gasteiger partial charge in [-0.05, 0) is 50.4 Å². The minimum absolute atomic E-state index is 0.374. The third-order valence-corrected chi connectivity index (χ3v) is 5.55. The lowest BCUT2D eigenvalue weighted by molar-refractivity contribution is -0.0645. The fourth-order valence-corrected chi connectivity index (χ4v) is 3.95. The summed E-state index contributed by atoms with van der Waals surface area (Å²) in [5.74, 6) is 2.35. The molecule has 0 spiro atoms. The van der Waals surface area contributed by atoms with E-state index in [1.807, 2.05) is 0 Å². The molecule has 2 rings (SSSR count). The molecule has 1 saturated heterocycles. The molecule has 1 aliphatic carbocycles. The summed E-state index contributed by atoms with van der Waals surface area (Å²) in [5.41, 5.74) is 6.42. The molecule has 1 aliphatic heterocycles. The zero-order chi connectivity index (χ0) is 14.7. The summed E-state index contributed by atoms with van der Waals surface area (Å²) in [6.07, 6.45) is 5.41. The molecule has 2 N–H and O–H groups in total. The van der Waals surface area contributed by atoms with Crippen LogP contribution in [0.5, 0.6) is 0 Å². The maximum absolute atomic E-state index is 6.42. The Labute approximate surface area is 125 Å². The van der Waals surface area contributed by atoms with Gasteiger partial charge >= 0.3 is 0 Å². The third-order valence-electron chi connectivity index (χ3n) is 5.55. The van der Waals surface area contributed by atoms with E-state index in [2.05, 4.69) is 32.6 Å². The van der Waals surface area contributed by atoms with Crippen molar-refractivity contribution in [1.29, 1.82) is 0 Å². The van der Waals surface area contributed by atoms with Crippen LogP contribution in [0.2, 0.25) is 0 Å². The molecule has 0 aromatic rings. The van der Waals surface area contributed by atoms with E-state index in [9.17, 15) is 0 Å². The molecule has 3 heteroatoms. The van der Waals surface area contributed by atoms with Gasteiger partial charge in [0.1, 0.15) is 0 Å². The van der Waals surface area contributed by atoms with Crippen LogP contribution in [-0.2, 0) is 4.74 Å². The van der Waals surface area contributed by atoms with Gasteiger partial charge in [0.05, 0.1) is 12.7 Å². The van der Waals surface area contributed by atoms with Gasteiger partial charge in [-0.15, -0.1) is 0 Å². The van der Waals surface area contributed by atoms with Crippen molar-refractivity contribution in [2.45, 2.75) is 71.6 Å². The fraction of sp³-hybridized carbons (Fsp3) is 1.00. The van der Waals surface area contributed by atoms with E-state index in [0.29, 0.717) is 24.1 Å². The Morgan fingerprint density at radius 2 is 2.05 bits per heavy atom. The van der Waals surface area contributed by atoms with Crippen molar-refractivity contribution in [2.75, 3.05) is 19.7 Å². The average molecular weight is 282 g/mol. The van der Waals surface area contributed by atoms with Crippen LogP contribution in [0.3, 0.4) is 0 Å². The quantitative estimate of drug-likeness (QED) is 0.861. The lowest BCUT2D eigenvalue weighted by Gasteiger charge is -2.43. The normalized spacial score (nSPS) is 40.2. The Hall–Kier alpha value is -0.120. The second kappa shape index (κ2) is 7.24. The van der Waals surface area contributed by atoms with E-state index in [0.717, 1.165) is 25.0 Å². The smallest absolute Gasteiger partial charge is 0.0674 e. The van der Waals surface area contributed by atoms with Crippen LogP contribution in [0, 0.1) is 17.8 Å². The van der Waals surface area contributed by atoms with Crippen LogP contribution < -0.4 is 5.73 Å². The summed E-state index contributed by atoms with van der Waals surface area (Å²) < 4.78 is 5.81. The molecule has 5 atom stereocenters. The summed E-state index contributed by atoms with van der Waals surface area (Å²) >= 11 is 0. The first-order chi connectivity index (χ1) is 9.51. The van der Waals surface area contributed by atoms with Crippen LogP contribution in [0.15, 0.2) is 0 Å². The highest BCUT2D eigenvalue weighted by Crippen LogP contribution is 2.34. The number of ether oxygens (including phenoxy) is 1. The van der Waals surface area contributed by atoms with Crippen LogP contribution in [0.4, 0.5) is 0 Å². The number of hydrogen-bond donors (Lipinski definition) is 1. The molecule has 1 saturated carbocycles. The summed E-state index contributed by atoms with van der Waals surface area (Å²) in [6.45, 7) is 12.3. The lowest BCUT2D eigenvalue weighted by atomic mass is 9.73. The molecule has 20 heavy (non-hydrogen) atoms. The molecule has 1 heterocycles. The highest BCUT2D eigenvalue weighted by molar-refractivity contribution is 4.88. The molecule has 0 radical (unpaired) electrons.